The molecule has 0 spiro atoms. The number of fused-ring (bicyclic) bond motifs is 1. The van der Waals surface area contributed by atoms with E-state index in [9.17, 15) is 9.59 Å². The third-order valence-corrected chi connectivity index (χ3v) is 3.97. The van der Waals surface area contributed by atoms with Gasteiger partial charge in [-0.3, -0.25) is 9.59 Å². The molecule has 3 aromatic rings. The fraction of sp³-hybridized carbons (Fsp3) is 0.211. The van der Waals surface area contributed by atoms with Gasteiger partial charge in [-0.2, -0.15) is 0 Å². The Bertz CT molecular complexity index is 956. The molecular formula is C19H19N3O4. The van der Waals surface area contributed by atoms with Gasteiger partial charge in [-0.15, -0.1) is 0 Å². The fourth-order valence-corrected chi connectivity index (χ4v) is 2.77. The summed E-state index contributed by atoms with van der Waals surface area (Å²) in [5, 5.41) is 2.81. The van der Waals surface area contributed by atoms with Gasteiger partial charge >= 0.3 is 0 Å². The molecule has 0 atom stereocenters. The zero-order chi connectivity index (χ0) is 18.7. The molecule has 7 heteroatoms. The highest BCUT2D eigenvalue weighted by molar-refractivity contribution is 6.05. The number of imidazole rings is 1. The van der Waals surface area contributed by atoms with E-state index in [-0.39, 0.29) is 18.2 Å². The van der Waals surface area contributed by atoms with Crippen LogP contribution in [-0.2, 0) is 11.3 Å². The van der Waals surface area contributed by atoms with Gasteiger partial charge < -0.3 is 19.4 Å². The number of hydrogen-bond donors (Lipinski definition) is 1. The van der Waals surface area contributed by atoms with Gasteiger partial charge in [-0.05, 0) is 19.1 Å². The second-order valence-corrected chi connectivity index (χ2v) is 5.75. The van der Waals surface area contributed by atoms with Crippen molar-refractivity contribution in [2.75, 3.05) is 19.5 Å². The van der Waals surface area contributed by atoms with Gasteiger partial charge in [0.05, 0.1) is 31.6 Å². The summed E-state index contributed by atoms with van der Waals surface area (Å²) in [5.41, 5.74) is 2.42. The van der Waals surface area contributed by atoms with E-state index in [0.29, 0.717) is 33.8 Å². The Hall–Kier alpha value is -3.35. The van der Waals surface area contributed by atoms with Gasteiger partial charge in [0.1, 0.15) is 18.0 Å². The van der Waals surface area contributed by atoms with Crippen molar-refractivity contribution in [1.82, 2.24) is 9.55 Å². The van der Waals surface area contributed by atoms with E-state index in [2.05, 4.69) is 10.3 Å². The number of ether oxygens (including phenoxy) is 2. The normalized spacial score (nSPS) is 10.6. The summed E-state index contributed by atoms with van der Waals surface area (Å²) < 4.78 is 12.1. The lowest BCUT2D eigenvalue weighted by atomic mass is 10.1. The predicted molar refractivity (Wildman–Crippen MR) is 97.9 cm³/mol. The maximum absolute atomic E-state index is 12.5. The lowest BCUT2D eigenvalue weighted by molar-refractivity contribution is -0.116. The largest absolute Gasteiger partial charge is 0.497 e. The number of amides is 1. The summed E-state index contributed by atoms with van der Waals surface area (Å²) in [6.45, 7) is 1.52. The Labute approximate surface area is 150 Å². The summed E-state index contributed by atoms with van der Waals surface area (Å²) in [5.74, 6) is 0.825. The molecule has 1 amide bonds. The van der Waals surface area contributed by atoms with Crippen LogP contribution in [0.4, 0.5) is 5.69 Å². The van der Waals surface area contributed by atoms with Crippen LogP contribution in [0.2, 0.25) is 0 Å². The Balaban J connectivity index is 1.85. The highest BCUT2D eigenvalue weighted by atomic mass is 16.5. The predicted octanol–water partition coefficient (Wildman–Crippen LogP) is 2.89. The maximum atomic E-state index is 12.5. The molecule has 134 valence electrons. The number of rotatable bonds is 6. The van der Waals surface area contributed by atoms with Crippen molar-refractivity contribution >= 4 is 28.4 Å². The Morgan fingerprint density at radius 1 is 1.12 bits per heavy atom. The number of nitrogens with zero attached hydrogens (tertiary/aromatic N) is 2. The van der Waals surface area contributed by atoms with E-state index in [0.717, 1.165) is 0 Å². The van der Waals surface area contributed by atoms with Gasteiger partial charge in [-0.25, -0.2) is 4.98 Å². The van der Waals surface area contributed by atoms with E-state index in [1.54, 1.807) is 55.4 Å². The molecule has 7 nitrogen and oxygen atoms in total. The standard InChI is InChI=1S/C19H19N3O4/c1-12(23)16-5-4-6-17-19(16)22(11-20-17)10-18(24)21-13-7-14(25-2)9-15(8-13)26-3/h4-9,11H,10H2,1-3H3,(H,21,24). The molecule has 1 N–H and O–H groups in total. The molecule has 0 unspecified atom stereocenters. The van der Waals surface area contributed by atoms with E-state index < -0.39 is 0 Å². The van der Waals surface area contributed by atoms with Gasteiger partial charge in [-0.1, -0.05) is 6.07 Å². The molecule has 0 saturated heterocycles. The summed E-state index contributed by atoms with van der Waals surface area (Å²) in [4.78, 5) is 28.6. The quantitative estimate of drug-likeness (QED) is 0.689. The molecule has 3 rings (SSSR count). The molecular weight excluding hydrogens is 334 g/mol. The van der Waals surface area contributed by atoms with Crippen molar-refractivity contribution in [3.63, 3.8) is 0 Å². The summed E-state index contributed by atoms with van der Waals surface area (Å²) in [7, 11) is 3.09. The number of aromatic nitrogens is 2. The molecule has 26 heavy (non-hydrogen) atoms. The lowest BCUT2D eigenvalue weighted by Crippen LogP contribution is -2.18. The Morgan fingerprint density at radius 3 is 2.42 bits per heavy atom. The van der Waals surface area contributed by atoms with Crippen molar-refractivity contribution in [3.05, 3.63) is 48.3 Å². The van der Waals surface area contributed by atoms with Gasteiger partial charge in [0, 0.05) is 29.4 Å². The summed E-state index contributed by atoms with van der Waals surface area (Å²) in [6, 6.07) is 10.4. The summed E-state index contributed by atoms with van der Waals surface area (Å²) in [6.07, 6.45) is 1.56. The van der Waals surface area contributed by atoms with Crippen LogP contribution in [0.3, 0.4) is 0 Å². The van der Waals surface area contributed by atoms with Crippen LogP contribution < -0.4 is 14.8 Å². The topological polar surface area (TPSA) is 82.5 Å². The van der Waals surface area contributed by atoms with Crippen molar-refractivity contribution in [2.24, 2.45) is 0 Å². The van der Waals surface area contributed by atoms with Crippen LogP contribution in [0.5, 0.6) is 11.5 Å². The number of carbonyl (C=O) groups excluding carboxylic acids is 2. The first-order chi connectivity index (χ1) is 12.5. The van der Waals surface area contributed by atoms with Crippen LogP contribution >= 0.6 is 0 Å². The summed E-state index contributed by atoms with van der Waals surface area (Å²) >= 11 is 0. The van der Waals surface area contributed by atoms with Crippen LogP contribution in [0.25, 0.3) is 11.0 Å². The molecule has 1 heterocycles. The van der Waals surface area contributed by atoms with Gasteiger partial charge in [0.15, 0.2) is 5.78 Å². The second-order valence-electron chi connectivity index (χ2n) is 5.75. The van der Waals surface area contributed by atoms with Crippen molar-refractivity contribution in [3.8, 4) is 11.5 Å². The molecule has 0 radical (unpaired) electrons. The molecule has 0 aliphatic heterocycles. The van der Waals surface area contributed by atoms with Crippen LogP contribution in [0, 0.1) is 0 Å². The SMILES string of the molecule is COc1cc(NC(=O)Cn2cnc3cccc(C(C)=O)c32)cc(OC)c1. The van der Waals surface area contributed by atoms with Gasteiger partial charge in [0.2, 0.25) is 5.91 Å². The highest BCUT2D eigenvalue weighted by Gasteiger charge is 2.14. The zero-order valence-electron chi connectivity index (χ0n) is 14.8. The zero-order valence-corrected chi connectivity index (χ0v) is 14.8. The number of methoxy groups -OCH3 is 2. The number of para-hydroxylation sites is 1. The third-order valence-electron chi connectivity index (χ3n) is 3.97. The van der Waals surface area contributed by atoms with E-state index in [1.807, 2.05) is 6.07 Å². The molecule has 0 saturated carbocycles. The number of hydrogen-bond acceptors (Lipinski definition) is 5. The minimum Gasteiger partial charge on any atom is -0.497 e. The van der Waals surface area contributed by atoms with Crippen molar-refractivity contribution < 1.29 is 19.1 Å². The van der Waals surface area contributed by atoms with Crippen LogP contribution in [-0.4, -0.2) is 35.5 Å². The average molecular weight is 353 g/mol. The van der Waals surface area contributed by atoms with Crippen molar-refractivity contribution in [1.29, 1.82) is 0 Å². The number of benzene rings is 2. The highest BCUT2D eigenvalue weighted by Crippen LogP contribution is 2.26. The van der Waals surface area contributed by atoms with Crippen LogP contribution in [0.1, 0.15) is 17.3 Å². The molecule has 0 aliphatic rings. The number of ketones is 1. The molecule has 0 bridgehead atoms. The first-order valence-electron chi connectivity index (χ1n) is 7.99. The van der Waals surface area contributed by atoms with Crippen LogP contribution in [0.15, 0.2) is 42.7 Å². The Morgan fingerprint density at radius 2 is 1.81 bits per heavy atom. The van der Waals surface area contributed by atoms with Gasteiger partial charge in [0.25, 0.3) is 0 Å². The van der Waals surface area contributed by atoms with Crippen molar-refractivity contribution in [2.45, 2.75) is 13.5 Å². The first-order valence-corrected chi connectivity index (χ1v) is 7.99. The fourth-order valence-electron chi connectivity index (χ4n) is 2.77. The maximum Gasteiger partial charge on any atom is 0.244 e. The lowest BCUT2D eigenvalue weighted by Gasteiger charge is -2.11. The minimum absolute atomic E-state index is 0.0281. The molecule has 1 aromatic heterocycles. The monoisotopic (exact) mass is 353 g/mol. The number of nitrogens with one attached hydrogen (secondary N) is 1. The molecule has 0 fully saturated rings. The number of Topliss-reactive ketones (excluding diaryl/α,β-unsaturated/α-hetero) is 1. The first kappa shape index (κ1) is 17.5. The minimum atomic E-state index is -0.252. The smallest absolute Gasteiger partial charge is 0.244 e. The van der Waals surface area contributed by atoms with E-state index in [1.165, 1.54) is 6.92 Å². The molecule has 2 aromatic carbocycles. The molecule has 0 aliphatic carbocycles. The Kier molecular flexibility index (Phi) is 4.88. The average Bonchev–Trinajstić information content (AvgIpc) is 3.03. The van der Waals surface area contributed by atoms with E-state index >= 15 is 0 Å². The van der Waals surface area contributed by atoms with E-state index in [4.69, 9.17) is 9.47 Å². The second kappa shape index (κ2) is 7.26. The number of carbonyl (C=O) groups is 2. The number of anilines is 1. The third kappa shape index (κ3) is 3.51.